The maximum absolute atomic E-state index is 2.67. The molecule has 0 saturated carbocycles. The van der Waals surface area contributed by atoms with Gasteiger partial charge in [0, 0.05) is 11.4 Å². The molecule has 2 saturated heterocycles. The Balaban J connectivity index is 1.06. The number of rotatable bonds is 7. The van der Waals surface area contributed by atoms with Crippen LogP contribution in [0.4, 0.5) is 11.4 Å². The molecule has 0 spiro atoms. The summed E-state index contributed by atoms with van der Waals surface area (Å²) in [7, 11) is 0. The lowest BCUT2D eigenvalue weighted by molar-refractivity contribution is 0.439. The lowest BCUT2D eigenvalue weighted by Crippen LogP contribution is -2.68. The van der Waals surface area contributed by atoms with E-state index in [0.717, 1.165) is 5.69 Å². The third kappa shape index (κ3) is 5.98. The Kier molecular flexibility index (Phi) is 9.06. The van der Waals surface area contributed by atoms with Gasteiger partial charge in [0.2, 0.25) is 0 Å². The Morgan fingerprint density at radius 2 is 0.516 bits per heavy atom. The summed E-state index contributed by atoms with van der Waals surface area (Å²) in [6.45, 7) is -0.573. The second kappa shape index (κ2) is 15.3. The Morgan fingerprint density at radius 1 is 0.226 bits per heavy atom. The summed E-state index contributed by atoms with van der Waals surface area (Å²) in [4.78, 5) is 5.33. The van der Waals surface area contributed by atoms with Gasteiger partial charge in [-0.1, -0.05) is 212 Å². The Morgan fingerprint density at radius 3 is 0.903 bits per heavy atom. The first kappa shape index (κ1) is 36.6. The summed E-state index contributed by atoms with van der Waals surface area (Å²) in [6.07, 6.45) is 0. The molecule has 2 aliphatic heterocycles. The zero-order chi connectivity index (χ0) is 41.0. The molecule has 12 rings (SSSR count). The zero-order valence-corrected chi connectivity index (χ0v) is 34.2. The van der Waals surface area contributed by atoms with Gasteiger partial charge in [-0.15, -0.1) is 0 Å². The lowest BCUT2D eigenvalue weighted by atomic mass is 9.45. The van der Waals surface area contributed by atoms with Gasteiger partial charge in [-0.2, -0.15) is 0 Å². The summed E-state index contributed by atoms with van der Waals surface area (Å²) in [5.41, 5.74) is 9.68. The van der Waals surface area contributed by atoms with Crippen molar-refractivity contribution in [3.05, 3.63) is 243 Å². The fourth-order valence-corrected chi connectivity index (χ4v) is 10.4. The quantitative estimate of drug-likeness (QED) is 0.118. The average Bonchev–Trinajstić information content (AvgIpc) is 3.88. The molecule has 0 unspecified atom stereocenters. The van der Waals surface area contributed by atoms with E-state index in [9.17, 15) is 0 Å². The molecule has 2 aliphatic rings. The predicted octanol–water partition coefficient (Wildman–Crippen LogP) is 9.25. The van der Waals surface area contributed by atoms with Crippen LogP contribution < -0.4 is 31.3 Å². The fraction of sp³-hybridized carbons (Fsp3) is 0. The molecule has 0 N–H and O–H groups in total. The van der Waals surface area contributed by atoms with Gasteiger partial charge in [0.15, 0.2) is 0 Å². The maximum Gasteiger partial charge on any atom is 0.370 e. The van der Waals surface area contributed by atoms with Crippen molar-refractivity contribution in [2.75, 3.05) is 9.44 Å². The standard InChI is InChI=1S/C54H40B4N4/c1-6-20-43(21-7-1)55-59(47-28-14-5-15-29-47)56(44-22-8-2-9-23-44)62-58(46-26-12-4-13-27-46)60(57(61(55)62)45-24-10-3-11-25-45)48-37-34-41(35-38-48)42-36-39-53-51-32-17-16-30-49(51)50-31-18-19-33-52(50)54(53)40-42/h1-40H. The van der Waals surface area contributed by atoms with Crippen LogP contribution in [0.1, 0.15) is 0 Å². The number of para-hydroxylation sites is 1. The van der Waals surface area contributed by atoms with Crippen molar-refractivity contribution in [1.82, 2.24) is 9.66 Å². The Bertz CT molecular complexity index is 3050. The Hall–Kier alpha value is -7.24. The van der Waals surface area contributed by atoms with E-state index in [1.807, 2.05) is 0 Å². The van der Waals surface area contributed by atoms with Gasteiger partial charge < -0.3 is 9.44 Å². The van der Waals surface area contributed by atoms with E-state index in [2.05, 4.69) is 262 Å². The second-order valence-corrected chi connectivity index (χ2v) is 16.4. The van der Waals surface area contributed by atoms with Crippen LogP contribution in [0.15, 0.2) is 243 Å². The summed E-state index contributed by atoms with van der Waals surface area (Å²) >= 11 is 0. The molecule has 4 nitrogen and oxygen atoms in total. The van der Waals surface area contributed by atoms with Gasteiger partial charge in [-0.05, 0) is 95.6 Å². The first-order valence-electron chi connectivity index (χ1n) is 21.6. The molecule has 0 amide bonds. The minimum atomic E-state index is -0.155. The number of nitrogens with zero attached hydrogens (tertiary/aromatic N) is 4. The molecule has 2 fully saturated rings. The maximum atomic E-state index is 2.67. The van der Waals surface area contributed by atoms with E-state index in [0.29, 0.717) is 0 Å². The molecule has 62 heavy (non-hydrogen) atoms. The summed E-state index contributed by atoms with van der Waals surface area (Å²) < 4.78 is 5.28. The molecule has 0 atom stereocenters. The number of hydrogen-bond acceptors (Lipinski definition) is 4. The highest BCUT2D eigenvalue weighted by Crippen LogP contribution is 2.40. The predicted molar refractivity (Wildman–Crippen MR) is 267 cm³/mol. The van der Waals surface area contributed by atoms with Crippen molar-refractivity contribution in [1.29, 1.82) is 0 Å². The van der Waals surface area contributed by atoms with Gasteiger partial charge in [-0.3, -0.25) is 9.66 Å². The number of anilines is 2. The molecular formula is C54H40B4N4. The first-order chi connectivity index (χ1) is 30.8. The summed E-state index contributed by atoms with van der Waals surface area (Å²) in [5, 5.41) is 7.73. The van der Waals surface area contributed by atoms with Gasteiger partial charge in [0.25, 0.3) is 0 Å². The monoisotopic (exact) mass is 788 g/mol. The minimum absolute atomic E-state index is 0.131. The van der Waals surface area contributed by atoms with Crippen molar-refractivity contribution in [3.63, 3.8) is 0 Å². The van der Waals surface area contributed by atoms with Gasteiger partial charge in [0.05, 0.1) is 0 Å². The summed E-state index contributed by atoms with van der Waals surface area (Å²) in [6, 6.07) is 89.2. The lowest BCUT2D eigenvalue weighted by Gasteiger charge is -2.37. The van der Waals surface area contributed by atoms with Crippen molar-refractivity contribution < 1.29 is 0 Å². The van der Waals surface area contributed by atoms with E-state index in [1.165, 1.54) is 71.0 Å². The molecule has 288 valence electrons. The van der Waals surface area contributed by atoms with Crippen molar-refractivity contribution in [3.8, 4) is 11.1 Å². The molecule has 10 aromatic carbocycles. The average molecular weight is 788 g/mol. The van der Waals surface area contributed by atoms with E-state index in [4.69, 9.17) is 0 Å². The summed E-state index contributed by atoms with van der Waals surface area (Å²) in [5.74, 6) is 0. The molecule has 8 heteroatoms. The van der Waals surface area contributed by atoms with E-state index < -0.39 is 0 Å². The van der Waals surface area contributed by atoms with Gasteiger partial charge in [-0.25, -0.2) is 0 Å². The highest BCUT2D eigenvalue weighted by molar-refractivity contribution is 7.12. The number of benzene rings is 10. The van der Waals surface area contributed by atoms with Crippen LogP contribution in [-0.2, 0) is 0 Å². The van der Waals surface area contributed by atoms with Crippen LogP contribution in [0.2, 0.25) is 0 Å². The molecule has 2 heterocycles. The van der Waals surface area contributed by atoms with Crippen LogP contribution in [-0.4, -0.2) is 37.6 Å². The Labute approximate surface area is 364 Å². The van der Waals surface area contributed by atoms with Crippen molar-refractivity contribution in [2.24, 2.45) is 0 Å². The van der Waals surface area contributed by atoms with E-state index >= 15 is 0 Å². The van der Waals surface area contributed by atoms with Crippen LogP contribution in [0.3, 0.4) is 0 Å². The molecule has 0 bridgehead atoms. The molecular weight excluding hydrogens is 748 g/mol. The minimum Gasteiger partial charge on any atom is -0.425 e. The third-order valence-corrected chi connectivity index (χ3v) is 13.0. The second-order valence-electron chi connectivity index (χ2n) is 16.4. The topological polar surface area (TPSA) is 13.0 Å². The molecule has 10 aromatic rings. The van der Waals surface area contributed by atoms with Gasteiger partial charge in [0.1, 0.15) is 0 Å². The van der Waals surface area contributed by atoms with Crippen LogP contribution in [0, 0.1) is 0 Å². The first-order valence-corrected chi connectivity index (χ1v) is 21.6. The van der Waals surface area contributed by atoms with Crippen LogP contribution in [0.5, 0.6) is 0 Å². The third-order valence-electron chi connectivity index (χ3n) is 13.0. The van der Waals surface area contributed by atoms with Crippen LogP contribution >= 0.6 is 0 Å². The number of hydrazine groups is 1. The highest BCUT2D eigenvalue weighted by Gasteiger charge is 2.66. The number of hydrogen-bond donors (Lipinski definition) is 0. The molecule has 0 aromatic heterocycles. The SMILES string of the molecule is c1ccc(B2N(c3ccccc3)B(c3ccccc3)N3B(c4ccccc4)N(c4ccc(-c5ccc6c7ccccc7c7ccccc7c6c5)cc4)B(c4ccccc4)N23)cc1. The highest BCUT2D eigenvalue weighted by atomic mass is 15.7. The van der Waals surface area contributed by atoms with E-state index in [1.54, 1.807) is 0 Å². The van der Waals surface area contributed by atoms with E-state index in [-0.39, 0.29) is 27.9 Å². The normalized spacial score (nSPS) is 14.5. The van der Waals surface area contributed by atoms with Crippen LogP contribution in [0.25, 0.3) is 43.4 Å². The largest absolute Gasteiger partial charge is 0.425 e. The molecule has 0 radical (unpaired) electrons. The molecule has 0 aliphatic carbocycles. The fourth-order valence-electron chi connectivity index (χ4n) is 10.4. The number of fused-ring (bicyclic) bond motifs is 7. The van der Waals surface area contributed by atoms with Gasteiger partial charge >= 0.3 is 27.9 Å². The van der Waals surface area contributed by atoms with Crippen molar-refractivity contribution in [2.45, 2.75) is 0 Å². The van der Waals surface area contributed by atoms with Crippen molar-refractivity contribution >= 4 is 93.5 Å². The zero-order valence-electron chi connectivity index (χ0n) is 34.2. The smallest absolute Gasteiger partial charge is 0.370 e.